The molecule has 2 aliphatic rings. The summed E-state index contributed by atoms with van der Waals surface area (Å²) < 4.78 is 11.2. The van der Waals surface area contributed by atoms with Crippen molar-refractivity contribution in [2.75, 3.05) is 14.2 Å². The molecule has 0 bridgehead atoms. The fourth-order valence-corrected chi connectivity index (χ4v) is 5.70. The summed E-state index contributed by atoms with van der Waals surface area (Å²) in [4.78, 5) is 0. The molecule has 0 radical (unpaired) electrons. The number of hydrogen-bond acceptors (Lipinski definition) is 2. The van der Waals surface area contributed by atoms with Gasteiger partial charge in [0.15, 0.2) is 0 Å². The molecular formula is C23H34O2. The largest absolute Gasteiger partial charge is 0.497 e. The predicted molar refractivity (Wildman–Crippen MR) is 104 cm³/mol. The number of allylic oxidation sites excluding steroid dienone is 1. The summed E-state index contributed by atoms with van der Waals surface area (Å²) in [6.45, 7) is 11.9. The normalized spacial score (nSPS) is 35.2. The van der Waals surface area contributed by atoms with Crippen LogP contribution >= 0.6 is 0 Å². The van der Waals surface area contributed by atoms with Crippen molar-refractivity contribution in [1.29, 1.82) is 0 Å². The number of hydrogen-bond donors (Lipinski definition) is 0. The molecule has 2 nitrogen and oxygen atoms in total. The van der Waals surface area contributed by atoms with Crippen LogP contribution in [0.5, 0.6) is 11.5 Å². The van der Waals surface area contributed by atoms with Gasteiger partial charge in [0, 0.05) is 0 Å². The van der Waals surface area contributed by atoms with Crippen molar-refractivity contribution in [3.63, 3.8) is 0 Å². The second-order valence-electron chi connectivity index (χ2n) is 8.77. The van der Waals surface area contributed by atoms with Crippen molar-refractivity contribution in [2.45, 2.75) is 59.3 Å². The van der Waals surface area contributed by atoms with Gasteiger partial charge in [0.2, 0.25) is 0 Å². The Kier molecular flexibility index (Phi) is 4.92. The molecule has 2 saturated carbocycles. The average molecular weight is 343 g/mol. The van der Waals surface area contributed by atoms with E-state index in [4.69, 9.17) is 9.47 Å². The van der Waals surface area contributed by atoms with Crippen LogP contribution in [0, 0.1) is 22.7 Å². The zero-order valence-electron chi connectivity index (χ0n) is 16.7. The molecule has 2 heteroatoms. The van der Waals surface area contributed by atoms with E-state index in [0.29, 0.717) is 17.3 Å². The van der Waals surface area contributed by atoms with Gasteiger partial charge in [-0.2, -0.15) is 0 Å². The molecular weight excluding hydrogens is 308 g/mol. The van der Waals surface area contributed by atoms with E-state index in [0.717, 1.165) is 17.9 Å². The van der Waals surface area contributed by atoms with Crippen LogP contribution in [0.3, 0.4) is 0 Å². The first-order chi connectivity index (χ1) is 11.8. The number of rotatable bonds is 4. The molecule has 0 aliphatic heterocycles. The van der Waals surface area contributed by atoms with Crippen molar-refractivity contribution >= 4 is 0 Å². The maximum absolute atomic E-state index is 5.68. The third-order valence-electron chi connectivity index (χ3n) is 7.63. The first-order valence-electron chi connectivity index (χ1n) is 9.74. The van der Waals surface area contributed by atoms with E-state index in [1.165, 1.54) is 43.2 Å². The van der Waals surface area contributed by atoms with Crippen LogP contribution in [0.4, 0.5) is 0 Å². The van der Waals surface area contributed by atoms with Crippen molar-refractivity contribution in [3.05, 3.63) is 35.9 Å². The van der Waals surface area contributed by atoms with Crippen LogP contribution < -0.4 is 9.47 Å². The molecule has 138 valence electrons. The lowest BCUT2D eigenvalue weighted by atomic mass is 9.46. The summed E-state index contributed by atoms with van der Waals surface area (Å²) in [6, 6.07) is 6.20. The van der Waals surface area contributed by atoms with Gasteiger partial charge in [-0.05, 0) is 85.0 Å². The standard InChI is InChI=1S/C23H34O2/c1-16-8-7-9-21-22(16,3)13-12-17(2)23(21,4)15-18-14-19(24-5)10-11-20(18)25-6/h10-11,14,17,21H,1,7-9,12-13,15H2,2-6H3. The first-order valence-corrected chi connectivity index (χ1v) is 9.74. The quantitative estimate of drug-likeness (QED) is 0.621. The molecule has 0 amide bonds. The van der Waals surface area contributed by atoms with Crippen LogP contribution in [0.2, 0.25) is 0 Å². The third-order valence-corrected chi connectivity index (χ3v) is 7.63. The van der Waals surface area contributed by atoms with Crippen LogP contribution in [0.25, 0.3) is 0 Å². The van der Waals surface area contributed by atoms with Gasteiger partial charge in [-0.15, -0.1) is 0 Å². The second kappa shape index (κ2) is 6.70. The average Bonchev–Trinajstić information content (AvgIpc) is 2.60. The molecule has 0 heterocycles. The van der Waals surface area contributed by atoms with Gasteiger partial charge in [0.1, 0.15) is 11.5 Å². The molecule has 4 unspecified atom stereocenters. The van der Waals surface area contributed by atoms with Crippen molar-refractivity contribution < 1.29 is 9.47 Å². The van der Waals surface area contributed by atoms with Crippen molar-refractivity contribution in [3.8, 4) is 11.5 Å². The fourth-order valence-electron chi connectivity index (χ4n) is 5.70. The number of fused-ring (bicyclic) bond motifs is 1. The number of ether oxygens (including phenoxy) is 2. The third kappa shape index (κ3) is 2.98. The van der Waals surface area contributed by atoms with Crippen LogP contribution in [0.15, 0.2) is 30.4 Å². The summed E-state index contributed by atoms with van der Waals surface area (Å²) in [5, 5.41) is 0. The molecule has 1 aromatic carbocycles. The second-order valence-corrected chi connectivity index (χ2v) is 8.77. The minimum Gasteiger partial charge on any atom is -0.497 e. The van der Waals surface area contributed by atoms with E-state index in [-0.39, 0.29) is 5.41 Å². The Hall–Kier alpha value is -1.44. The Morgan fingerprint density at radius 2 is 1.92 bits per heavy atom. The van der Waals surface area contributed by atoms with Crippen LogP contribution in [-0.4, -0.2) is 14.2 Å². The summed E-state index contributed by atoms with van der Waals surface area (Å²) in [5.41, 5.74) is 3.32. The Labute approximate surface area is 153 Å². The highest BCUT2D eigenvalue weighted by atomic mass is 16.5. The summed E-state index contributed by atoms with van der Waals surface area (Å²) in [7, 11) is 3.50. The van der Waals surface area contributed by atoms with Gasteiger partial charge in [-0.1, -0.05) is 32.9 Å². The highest BCUT2D eigenvalue weighted by molar-refractivity contribution is 5.41. The molecule has 3 rings (SSSR count). The number of benzene rings is 1. The maximum Gasteiger partial charge on any atom is 0.122 e. The molecule has 2 fully saturated rings. The monoisotopic (exact) mass is 342 g/mol. The van der Waals surface area contributed by atoms with Crippen LogP contribution in [0.1, 0.15) is 58.4 Å². The Morgan fingerprint density at radius 1 is 1.16 bits per heavy atom. The minimum absolute atomic E-state index is 0.260. The molecule has 25 heavy (non-hydrogen) atoms. The topological polar surface area (TPSA) is 18.5 Å². The van der Waals surface area contributed by atoms with Gasteiger partial charge in [0.05, 0.1) is 14.2 Å². The zero-order valence-corrected chi connectivity index (χ0v) is 16.7. The van der Waals surface area contributed by atoms with E-state index in [1.54, 1.807) is 14.2 Å². The van der Waals surface area contributed by atoms with Crippen LogP contribution in [-0.2, 0) is 6.42 Å². The highest BCUT2D eigenvalue weighted by Gasteiger charge is 2.53. The zero-order chi connectivity index (χ0) is 18.2. The Balaban J connectivity index is 2.00. The maximum atomic E-state index is 5.68. The Morgan fingerprint density at radius 3 is 2.60 bits per heavy atom. The summed E-state index contributed by atoms with van der Waals surface area (Å²) >= 11 is 0. The molecule has 4 atom stereocenters. The van der Waals surface area contributed by atoms with Crippen molar-refractivity contribution in [2.24, 2.45) is 22.7 Å². The van der Waals surface area contributed by atoms with Crippen molar-refractivity contribution in [1.82, 2.24) is 0 Å². The Bertz CT molecular complexity index is 649. The summed E-state index contributed by atoms with van der Waals surface area (Å²) in [6.07, 6.45) is 7.44. The molecule has 0 aromatic heterocycles. The minimum atomic E-state index is 0.260. The summed E-state index contributed by atoms with van der Waals surface area (Å²) in [5.74, 6) is 3.29. The van der Waals surface area contributed by atoms with Gasteiger partial charge in [-0.25, -0.2) is 0 Å². The highest BCUT2D eigenvalue weighted by Crippen LogP contribution is 2.62. The smallest absolute Gasteiger partial charge is 0.122 e. The predicted octanol–water partition coefficient (Wildman–Crippen LogP) is 6.05. The lowest BCUT2D eigenvalue weighted by molar-refractivity contribution is -0.0491. The van der Waals surface area contributed by atoms with E-state index in [9.17, 15) is 0 Å². The molecule has 0 saturated heterocycles. The lowest BCUT2D eigenvalue weighted by Crippen LogP contribution is -2.51. The van der Waals surface area contributed by atoms with Gasteiger partial charge >= 0.3 is 0 Å². The molecule has 0 N–H and O–H groups in total. The SMILES string of the molecule is C=C1CCCC2C1(C)CCC(C)C2(C)Cc1cc(OC)ccc1OC. The fraction of sp³-hybridized carbons (Fsp3) is 0.652. The van der Waals surface area contributed by atoms with Gasteiger partial charge in [-0.3, -0.25) is 0 Å². The van der Waals surface area contributed by atoms with E-state index < -0.39 is 0 Å². The van der Waals surface area contributed by atoms with E-state index in [2.05, 4.69) is 33.4 Å². The van der Waals surface area contributed by atoms with Gasteiger partial charge in [0.25, 0.3) is 0 Å². The molecule has 0 spiro atoms. The van der Waals surface area contributed by atoms with E-state index in [1.807, 2.05) is 12.1 Å². The van der Waals surface area contributed by atoms with E-state index >= 15 is 0 Å². The first kappa shape index (κ1) is 18.4. The van der Waals surface area contributed by atoms with Gasteiger partial charge < -0.3 is 9.47 Å². The number of methoxy groups -OCH3 is 2. The lowest BCUT2D eigenvalue weighted by Gasteiger charge is -2.59. The molecule has 1 aromatic rings. The molecule has 2 aliphatic carbocycles.